The van der Waals surface area contributed by atoms with Gasteiger partial charge in [0.1, 0.15) is 11.4 Å². The van der Waals surface area contributed by atoms with Crippen LogP contribution >= 0.6 is 11.3 Å². The lowest BCUT2D eigenvalue weighted by Crippen LogP contribution is -2.40. The first-order chi connectivity index (χ1) is 9.10. The third-order valence-corrected chi connectivity index (χ3v) is 4.07. The van der Waals surface area contributed by atoms with Gasteiger partial charge >= 0.3 is 6.03 Å². The number of urea groups is 1. The van der Waals surface area contributed by atoms with Crippen molar-refractivity contribution in [1.29, 1.82) is 0 Å². The summed E-state index contributed by atoms with van der Waals surface area (Å²) in [7, 11) is 0. The number of amides is 2. The topological polar surface area (TPSA) is 77.8 Å². The van der Waals surface area contributed by atoms with Crippen LogP contribution in [0.3, 0.4) is 0 Å². The van der Waals surface area contributed by atoms with Gasteiger partial charge in [-0.3, -0.25) is 5.32 Å². The van der Waals surface area contributed by atoms with E-state index in [-0.39, 0.29) is 6.03 Å². The van der Waals surface area contributed by atoms with Crippen molar-refractivity contribution < 1.29 is 10.0 Å². The minimum atomic E-state index is -0.105. The molecule has 1 aromatic heterocycles. The van der Waals surface area contributed by atoms with E-state index in [1.54, 1.807) is 12.3 Å². The zero-order valence-electron chi connectivity index (χ0n) is 11.1. The van der Waals surface area contributed by atoms with Crippen molar-refractivity contribution in [3.63, 3.8) is 0 Å². The maximum absolute atomic E-state index is 12.0. The van der Waals surface area contributed by atoms with Crippen LogP contribution in [0.5, 0.6) is 0 Å². The fourth-order valence-corrected chi connectivity index (χ4v) is 2.67. The Kier molecular flexibility index (Phi) is 4.36. The summed E-state index contributed by atoms with van der Waals surface area (Å²) in [4.78, 5) is 18.0. The molecule has 0 bridgehead atoms. The van der Waals surface area contributed by atoms with E-state index in [0.29, 0.717) is 22.5 Å². The highest BCUT2D eigenvalue weighted by molar-refractivity contribution is 7.14. The van der Waals surface area contributed by atoms with Crippen molar-refractivity contribution in [2.75, 3.05) is 18.4 Å². The molecule has 1 aliphatic heterocycles. The van der Waals surface area contributed by atoms with Gasteiger partial charge in [0.05, 0.1) is 0 Å². The van der Waals surface area contributed by atoms with Crippen molar-refractivity contribution in [1.82, 2.24) is 9.88 Å². The molecule has 2 amide bonds. The quantitative estimate of drug-likeness (QED) is 0.497. The number of aromatic nitrogens is 1. The number of piperidine rings is 1. The number of anilines is 1. The average Bonchev–Trinajstić information content (AvgIpc) is 2.87. The maximum Gasteiger partial charge on any atom is 0.323 e. The van der Waals surface area contributed by atoms with Gasteiger partial charge < -0.3 is 10.1 Å². The normalized spacial score (nSPS) is 17.6. The van der Waals surface area contributed by atoms with Crippen molar-refractivity contribution >= 4 is 28.2 Å². The summed E-state index contributed by atoms with van der Waals surface area (Å²) in [6.45, 7) is 5.46. The number of hydrogen-bond donors (Lipinski definition) is 2. The monoisotopic (exact) mass is 282 g/mol. The predicted molar refractivity (Wildman–Crippen MR) is 75.1 cm³/mol. The van der Waals surface area contributed by atoms with Gasteiger partial charge in [-0.25, -0.2) is 9.78 Å². The van der Waals surface area contributed by atoms with E-state index in [2.05, 4.69) is 22.4 Å². The maximum atomic E-state index is 12.0. The second kappa shape index (κ2) is 6.01. The molecule has 0 atom stereocenters. The molecule has 104 valence electrons. The molecule has 0 aromatic carbocycles. The van der Waals surface area contributed by atoms with Gasteiger partial charge in [0.25, 0.3) is 0 Å². The second-order valence-electron chi connectivity index (χ2n) is 4.82. The van der Waals surface area contributed by atoms with Gasteiger partial charge in [0, 0.05) is 18.5 Å². The molecule has 0 saturated carbocycles. The number of likely N-dealkylation sites (tertiary alicyclic amines) is 1. The number of rotatable bonds is 2. The van der Waals surface area contributed by atoms with Crippen LogP contribution in [-0.2, 0) is 0 Å². The Balaban J connectivity index is 1.94. The van der Waals surface area contributed by atoms with Crippen LogP contribution < -0.4 is 5.32 Å². The third kappa shape index (κ3) is 3.44. The zero-order valence-corrected chi connectivity index (χ0v) is 11.9. The Morgan fingerprint density at radius 2 is 2.26 bits per heavy atom. The van der Waals surface area contributed by atoms with E-state index in [0.717, 1.165) is 25.9 Å². The molecule has 0 aliphatic carbocycles. The summed E-state index contributed by atoms with van der Waals surface area (Å²) in [5.41, 5.74) is 1.01. The largest absolute Gasteiger partial charge is 0.411 e. The van der Waals surface area contributed by atoms with Crippen molar-refractivity contribution in [2.45, 2.75) is 26.7 Å². The molecule has 2 N–H and O–H groups in total. The minimum Gasteiger partial charge on any atom is -0.411 e. The van der Waals surface area contributed by atoms with Gasteiger partial charge in [-0.15, -0.1) is 11.3 Å². The fourth-order valence-electron chi connectivity index (χ4n) is 1.93. The lowest BCUT2D eigenvalue weighted by Gasteiger charge is -2.29. The van der Waals surface area contributed by atoms with Crippen molar-refractivity contribution in [2.24, 2.45) is 11.1 Å². The molecule has 19 heavy (non-hydrogen) atoms. The molecule has 0 radical (unpaired) electrons. The summed E-state index contributed by atoms with van der Waals surface area (Å²) in [5, 5.41) is 16.8. The highest BCUT2D eigenvalue weighted by atomic mass is 32.1. The van der Waals surface area contributed by atoms with Gasteiger partial charge in [0.15, 0.2) is 5.13 Å². The second-order valence-corrected chi connectivity index (χ2v) is 5.68. The molecule has 2 heterocycles. The summed E-state index contributed by atoms with van der Waals surface area (Å²) < 4.78 is 0. The van der Waals surface area contributed by atoms with Gasteiger partial charge in [-0.05, 0) is 25.7 Å². The highest BCUT2D eigenvalue weighted by Crippen LogP contribution is 2.19. The van der Waals surface area contributed by atoms with Crippen LogP contribution in [0.2, 0.25) is 0 Å². The Morgan fingerprint density at radius 3 is 2.89 bits per heavy atom. The van der Waals surface area contributed by atoms with Crippen LogP contribution in [0.1, 0.15) is 32.4 Å². The lowest BCUT2D eigenvalue weighted by atomic mass is 10.00. The molecule has 1 fully saturated rings. The molecule has 2 rings (SSSR count). The van der Waals surface area contributed by atoms with Gasteiger partial charge in [0.2, 0.25) is 0 Å². The number of nitrogens with zero attached hydrogens (tertiary/aromatic N) is 3. The van der Waals surface area contributed by atoms with Crippen LogP contribution in [-0.4, -0.2) is 39.9 Å². The van der Waals surface area contributed by atoms with Gasteiger partial charge in [-0.2, -0.15) is 0 Å². The Labute approximate surface area is 116 Å². The molecule has 7 heteroatoms. The number of thiazole rings is 1. The SMILES string of the molecule is CC(=NO)c1csc(NC(=O)N2CCC(C)CC2)n1. The summed E-state index contributed by atoms with van der Waals surface area (Å²) in [6.07, 6.45) is 2.10. The third-order valence-electron chi connectivity index (χ3n) is 3.31. The van der Waals surface area contributed by atoms with Crippen LogP contribution in [0.4, 0.5) is 9.93 Å². The molecule has 1 aliphatic rings. The van der Waals surface area contributed by atoms with E-state index in [4.69, 9.17) is 5.21 Å². The van der Waals surface area contributed by atoms with E-state index in [9.17, 15) is 4.79 Å². The summed E-state index contributed by atoms with van der Waals surface area (Å²) in [5.74, 6) is 0.693. The van der Waals surface area contributed by atoms with Crippen LogP contribution in [0.15, 0.2) is 10.5 Å². The highest BCUT2D eigenvalue weighted by Gasteiger charge is 2.21. The first-order valence-corrected chi connectivity index (χ1v) is 7.18. The average molecular weight is 282 g/mol. The number of carbonyl (C=O) groups is 1. The van der Waals surface area contributed by atoms with E-state index >= 15 is 0 Å². The fraction of sp³-hybridized carbons (Fsp3) is 0.583. The molecule has 1 aromatic rings. The molecule has 0 unspecified atom stereocenters. The van der Waals surface area contributed by atoms with E-state index < -0.39 is 0 Å². The van der Waals surface area contributed by atoms with Crippen LogP contribution in [0, 0.1) is 5.92 Å². The molecular formula is C12H18N4O2S. The lowest BCUT2D eigenvalue weighted by molar-refractivity contribution is 0.186. The Bertz CT molecular complexity index is 478. The Hall–Kier alpha value is -1.63. The molecule has 0 spiro atoms. The standard InChI is InChI=1S/C12H18N4O2S/c1-8-3-5-16(6-4-8)12(17)14-11-13-10(7-19-11)9(2)15-18/h7-8,18H,3-6H2,1-2H3,(H,13,14,17). The van der Waals surface area contributed by atoms with Crippen LogP contribution in [0.25, 0.3) is 0 Å². The first kappa shape index (κ1) is 13.8. The number of carbonyl (C=O) groups excluding carboxylic acids is 1. The van der Waals surface area contributed by atoms with E-state index in [1.807, 2.05) is 4.90 Å². The van der Waals surface area contributed by atoms with Gasteiger partial charge in [-0.1, -0.05) is 12.1 Å². The predicted octanol–water partition coefficient (Wildman–Crippen LogP) is 2.61. The van der Waals surface area contributed by atoms with Crippen molar-refractivity contribution in [3.05, 3.63) is 11.1 Å². The first-order valence-electron chi connectivity index (χ1n) is 6.30. The number of oxime groups is 1. The number of nitrogens with one attached hydrogen (secondary N) is 1. The minimum absolute atomic E-state index is 0.105. The van der Waals surface area contributed by atoms with Crippen molar-refractivity contribution in [3.8, 4) is 0 Å². The van der Waals surface area contributed by atoms with E-state index in [1.165, 1.54) is 11.3 Å². The summed E-state index contributed by atoms with van der Waals surface area (Å²) in [6, 6.07) is -0.105. The Morgan fingerprint density at radius 1 is 1.58 bits per heavy atom. The smallest absolute Gasteiger partial charge is 0.323 e. The summed E-state index contributed by atoms with van der Waals surface area (Å²) >= 11 is 1.32. The zero-order chi connectivity index (χ0) is 13.8. The number of hydrogen-bond acceptors (Lipinski definition) is 5. The molecule has 1 saturated heterocycles. The molecule has 6 nitrogen and oxygen atoms in total. The molecular weight excluding hydrogens is 264 g/mol.